The number of rotatable bonds is 10. The molecule has 0 aromatic heterocycles. The minimum Gasteiger partial charge on any atom is -0.463 e. The number of hydrogen-bond acceptors (Lipinski definition) is 4. The van der Waals surface area contributed by atoms with Crippen molar-refractivity contribution in [3.63, 3.8) is 0 Å². The molecule has 2 N–H and O–H groups in total. The normalized spacial score (nSPS) is 15.2. The van der Waals surface area contributed by atoms with Crippen LogP contribution in [0.25, 0.3) is 5.70 Å². The number of hydrogen-bond donors (Lipinski definition) is 2. The van der Waals surface area contributed by atoms with Gasteiger partial charge in [-0.15, -0.1) is 0 Å². The van der Waals surface area contributed by atoms with Gasteiger partial charge in [-0.3, -0.25) is 9.69 Å². The lowest BCUT2D eigenvalue weighted by Gasteiger charge is -2.37. The van der Waals surface area contributed by atoms with Crippen molar-refractivity contribution in [1.82, 2.24) is 10.2 Å². The molecule has 3 aromatic rings. The van der Waals surface area contributed by atoms with Crippen LogP contribution >= 0.6 is 0 Å². The van der Waals surface area contributed by atoms with Crippen LogP contribution < -0.4 is 10.6 Å². The van der Waals surface area contributed by atoms with Crippen molar-refractivity contribution >= 4 is 29.3 Å². The fourth-order valence-electron chi connectivity index (χ4n) is 4.60. The average molecular weight is 512 g/mol. The first-order chi connectivity index (χ1) is 18.5. The number of ether oxygens (including phenoxy) is 1. The number of carbonyl (C=O) groups is 3. The first-order valence-corrected chi connectivity index (χ1v) is 13.0. The van der Waals surface area contributed by atoms with Crippen molar-refractivity contribution in [2.24, 2.45) is 0 Å². The van der Waals surface area contributed by atoms with Gasteiger partial charge >= 0.3 is 12.0 Å². The molecule has 0 saturated heterocycles. The lowest BCUT2D eigenvalue weighted by atomic mass is 9.91. The molecular weight excluding hydrogens is 478 g/mol. The molecule has 1 aliphatic rings. The van der Waals surface area contributed by atoms with Crippen LogP contribution in [0.1, 0.15) is 49.4 Å². The molecule has 3 aromatic carbocycles. The quantitative estimate of drug-likeness (QED) is 0.342. The van der Waals surface area contributed by atoms with Gasteiger partial charge in [-0.05, 0) is 48.6 Å². The van der Waals surface area contributed by atoms with E-state index in [0.29, 0.717) is 41.9 Å². The van der Waals surface area contributed by atoms with Crippen molar-refractivity contribution in [3.8, 4) is 0 Å². The van der Waals surface area contributed by atoms with E-state index in [1.165, 1.54) is 0 Å². The number of esters is 1. The van der Waals surface area contributed by atoms with E-state index in [4.69, 9.17) is 4.74 Å². The number of anilines is 1. The largest absolute Gasteiger partial charge is 0.463 e. The molecule has 0 bridgehead atoms. The van der Waals surface area contributed by atoms with E-state index in [1.54, 1.807) is 30.0 Å². The first kappa shape index (κ1) is 26.7. The number of amides is 3. The Morgan fingerprint density at radius 2 is 1.66 bits per heavy atom. The topological polar surface area (TPSA) is 87.7 Å². The van der Waals surface area contributed by atoms with Crippen molar-refractivity contribution in [3.05, 3.63) is 107 Å². The Hall–Kier alpha value is -4.39. The third-order valence-corrected chi connectivity index (χ3v) is 6.30. The van der Waals surface area contributed by atoms with Crippen LogP contribution in [-0.2, 0) is 20.7 Å². The first-order valence-electron chi connectivity index (χ1n) is 13.0. The Labute approximate surface area is 223 Å². The van der Waals surface area contributed by atoms with Crippen LogP contribution in [-0.4, -0.2) is 36.0 Å². The molecule has 0 radical (unpaired) electrons. The van der Waals surface area contributed by atoms with Crippen LogP contribution in [0.5, 0.6) is 0 Å². The van der Waals surface area contributed by atoms with E-state index in [1.807, 2.05) is 73.7 Å². The van der Waals surface area contributed by atoms with Crippen LogP contribution in [0.4, 0.5) is 10.5 Å². The number of benzene rings is 3. The van der Waals surface area contributed by atoms with Crippen molar-refractivity contribution < 1.29 is 19.1 Å². The molecule has 4 rings (SSSR count). The predicted molar refractivity (Wildman–Crippen MR) is 148 cm³/mol. The van der Waals surface area contributed by atoms with Gasteiger partial charge < -0.3 is 15.4 Å². The highest BCUT2D eigenvalue weighted by atomic mass is 16.5. The van der Waals surface area contributed by atoms with Crippen molar-refractivity contribution in [1.29, 1.82) is 0 Å². The van der Waals surface area contributed by atoms with Gasteiger partial charge in [-0.25, -0.2) is 9.59 Å². The summed E-state index contributed by atoms with van der Waals surface area (Å²) in [6.45, 7) is 4.39. The van der Waals surface area contributed by atoms with E-state index in [-0.39, 0.29) is 18.5 Å². The number of nitrogens with zero attached hydrogens (tertiary/aromatic N) is 1. The molecule has 1 heterocycles. The molecule has 1 unspecified atom stereocenters. The van der Waals surface area contributed by atoms with Crippen LogP contribution in [0.2, 0.25) is 0 Å². The third kappa shape index (κ3) is 6.29. The molecule has 196 valence electrons. The Morgan fingerprint density at radius 1 is 0.947 bits per heavy atom. The molecule has 3 amide bonds. The zero-order chi connectivity index (χ0) is 26.9. The third-order valence-electron chi connectivity index (χ3n) is 6.30. The van der Waals surface area contributed by atoms with E-state index in [0.717, 1.165) is 17.5 Å². The molecule has 7 nitrogen and oxygen atoms in total. The second-order valence-electron chi connectivity index (χ2n) is 9.04. The van der Waals surface area contributed by atoms with Gasteiger partial charge in [0, 0.05) is 18.7 Å². The van der Waals surface area contributed by atoms with Gasteiger partial charge in [-0.1, -0.05) is 79.7 Å². The highest BCUT2D eigenvalue weighted by Gasteiger charge is 2.38. The summed E-state index contributed by atoms with van der Waals surface area (Å²) in [6, 6.07) is 25.5. The van der Waals surface area contributed by atoms with Gasteiger partial charge in [0.15, 0.2) is 0 Å². The Kier molecular flexibility index (Phi) is 8.93. The smallest absolute Gasteiger partial charge is 0.338 e. The summed E-state index contributed by atoms with van der Waals surface area (Å²) in [5.74, 6) is -0.603. The molecule has 38 heavy (non-hydrogen) atoms. The number of nitrogens with one attached hydrogen (secondary N) is 2. The predicted octanol–water partition coefficient (Wildman–Crippen LogP) is 5.71. The van der Waals surface area contributed by atoms with E-state index in [2.05, 4.69) is 10.6 Å². The number of aryl methyl sites for hydroxylation is 1. The molecule has 0 spiro atoms. The molecule has 0 aliphatic carbocycles. The fraction of sp³-hybridized carbons (Fsp3) is 0.258. The highest BCUT2D eigenvalue weighted by Crippen LogP contribution is 2.37. The summed E-state index contributed by atoms with van der Waals surface area (Å²) in [5, 5.41) is 5.95. The van der Waals surface area contributed by atoms with E-state index in [9.17, 15) is 14.4 Å². The molecule has 1 atom stereocenters. The maximum Gasteiger partial charge on any atom is 0.338 e. The average Bonchev–Trinajstić information content (AvgIpc) is 2.94. The minimum atomic E-state index is -0.744. The maximum atomic E-state index is 13.4. The zero-order valence-corrected chi connectivity index (χ0v) is 21.8. The molecular formula is C31H33N3O4. The van der Waals surface area contributed by atoms with Gasteiger partial charge in [0.2, 0.25) is 5.91 Å². The van der Waals surface area contributed by atoms with E-state index < -0.39 is 12.0 Å². The lowest BCUT2D eigenvalue weighted by molar-refractivity contribution is -0.139. The molecule has 7 heteroatoms. The van der Waals surface area contributed by atoms with Crippen LogP contribution in [0, 0.1) is 0 Å². The number of urea groups is 1. The molecule has 0 saturated carbocycles. The van der Waals surface area contributed by atoms with Crippen LogP contribution in [0.15, 0.2) is 90.5 Å². The standard InChI is InChI=1S/C31H33N3O4/c1-3-20-34-29(23-14-9-6-10-15-23)27(30(36)38-4-2)28(33-31(34)37)24-16-11-17-25(21-24)32-26(35)19-18-22-12-7-5-8-13-22/h5-17,21,28H,3-4,18-20H2,1-2H3,(H,32,35)(H,33,37). The summed E-state index contributed by atoms with van der Waals surface area (Å²) in [5.41, 5.74) is 4.02. The van der Waals surface area contributed by atoms with Crippen molar-refractivity contribution in [2.75, 3.05) is 18.5 Å². The minimum absolute atomic E-state index is 0.112. The zero-order valence-electron chi connectivity index (χ0n) is 21.8. The summed E-state index contributed by atoms with van der Waals surface area (Å²) in [6.07, 6.45) is 1.69. The Morgan fingerprint density at radius 3 is 2.34 bits per heavy atom. The second-order valence-corrected chi connectivity index (χ2v) is 9.04. The maximum absolute atomic E-state index is 13.4. The summed E-state index contributed by atoms with van der Waals surface area (Å²) >= 11 is 0. The Balaban J connectivity index is 1.68. The summed E-state index contributed by atoms with van der Waals surface area (Å²) < 4.78 is 5.47. The fourth-order valence-corrected chi connectivity index (χ4v) is 4.60. The second kappa shape index (κ2) is 12.7. The van der Waals surface area contributed by atoms with Crippen molar-refractivity contribution in [2.45, 2.75) is 39.2 Å². The lowest BCUT2D eigenvalue weighted by Crippen LogP contribution is -2.48. The molecule has 1 aliphatic heterocycles. The summed E-state index contributed by atoms with van der Waals surface area (Å²) in [4.78, 5) is 41.0. The van der Waals surface area contributed by atoms with Gasteiger partial charge in [0.1, 0.15) is 0 Å². The SMILES string of the molecule is CCCN1C(=O)NC(c2cccc(NC(=O)CCc3ccccc3)c2)C(C(=O)OCC)=C1c1ccccc1. The van der Waals surface area contributed by atoms with Gasteiger partial charge in [-0.2, -0.15) is 0 Å². The number of carbonyl (C=O) groups excluding carboxylic acids is 3. The van der Waals surface area contributed by atoms with E-state index >= 15 is 0 Å². The van der Waals surface area contributed by atoms with Gasteiger partial charge in [0.05, 0.1) is 23.9 Å². The highest BCUT2D eigenvalue weighted by molar-refractivity contribution is 6.04. The monoisotopic (exact) mass is 511 g/mol. The summed E-state index contributed by atoms with van der Waals surface area (Å²) in [7, 11) is 0. The van der Waals surface area contributed by atoms with Crippen LogP contribution in [0.3, 0.4) is 0 Å². The van der Waals surface area contributed by atoms with Gasteiger partial charge in [0.25, 0.3) is 0 Å². The Bertz CT molecular complexity index is 1300. The molecule has 0 fully saturated rings.